The van der Waals surface area contributed by atoms with Gasteiger partial charge in [0, 0.05) is 6.42 Å². The number of hydrogen-bond donors (Lipinski definition) is 7. The van der Waals surface area contributed by atoms with Gasteiger partial charge in [0.25, 0.3) is 0 Å². The summed E-state index contributed by atoms with van der Waals surface area (Å²) < 4.78 is 17.0. The van der Waals surface area contributed by atoms with E-state index in [2.05, 4.69) is 22.5 Å². The first-order valence-electron chi connectivity index (χ1n) is 23.0. The Morgan fingerprint density at radius 1 is 0.683 bits per heavy atom. The molecule has 60 heavy (non-hydrogen) atoms. The van der Waals surface area contributed by atoms with E-state index in [0.717, 1.165) is 87.8 Å². The predicted molar refractivity (Wildman–Crippen MR) is 233 cm³/mol. The smallest absolute Gasteiger partial charge is 0.220 e. The molecule has 1 fully saturated rings. The minimum atomic E-state index is -1.62. The fourth-order valence-electron chi connectivity index (χ4n) is 7.40. The van der Waals surface area contributed by atoms with Crippen molar-refractivity contribution < 1.29 is 49.6 Å². The lowest BCUT2D eigenvalue weighted by molar-refractivity contribution is -0.303. The molecule has 1 saturated heterocycles. The van der Waals surface area contributed by atoms with Gasteiger partial charge in [-0.15, -0.1) is 0 Å². The number of rotatable bonds is 34. The number of unbranched alkanes of at least 4 members (excludes halogenated alkanes) is 18. The minimum absolute atomic E-state index is 0.242. The third-order valence-corrected chi connectivity index (χ3v) is 11.2. The van der Waals surface area contributed by atoms with Crippen LogP contribution >= 0.6 is 0 Å². The van der Waals surface area contributed by atoms with Crippen LogP contribution in [0.2, 0.25) is 0 Å². The van der Waals surface area contributed by atoms with Crippen LogP contribution in [0.15, 0.2) is 64.8 Å². The monoisotopic (exact) mass is 844 g/mol. The summed E-state index contributed by atoms with van der Waals surface area (Å²) in [5, 5.41) is 73.7. The van der Waals surface area contributed by atoms with Gasteiger partial charge in [-0.1, -0.05) is 141 Å². The summed E-state index contributed by atoms with van der Waals surface area (Å²) in [6, 6.07) is 16.2. The summed E-state index contributed by atoms with van der Waals surface area (Å²) in [6.45, 7) is 1.95. The summed E-state index contributed by atoms with van der Waals surface area (Å²) in [5.41, 5.74) is 1.58. The maximum atomic E-state index is 13.0. The molecule has 0 radical (unpaired) electrons. The standard InChI is InChI=1S/C47H77N3O10/c1-2-3-4-5-6-7-8-9-10-13-16-22-27-40(52)43(54)39(35-59-47-46(57)45(56)44(55)41(34-51)60-47)48-42(53)28-23-17-14-11-12-15-18-24-33-58-38-31-29-37(30-32-38)50-49-36-25-20-19-21-26-36/h19-21,25-26,29-32,39-41,43-47,51-52,54-57H,2-18,22-24,27-28,33-35H2,1H3,(H,48,53)/t39-,40+,41+,43-,44-,45-,46+,47-/m0/s1. The molecule has 2 aromatic rings. The van der Waals surface area contributed by atoms with E-state index in [-0.39, 0.29) is 18.9 Å². The number of amides is 1. The molecule has 7 N–H and O–H groups in total. The second-order valence-corrected chi connectivity index (χ2v) is 16.4. The number of nitrogens with zero attached hydrogens (tertiary/aromatic N) is 2. The molecule has 0 spiro atoms. The van der Waals surface area contributed by atoms with Gasteiger partial charge in [0.05, 0.1) is 43.3 Å². The van der Waals surface area contributed by atoms with E-state index in [9.17, 15) is 35.4 Å². The third kappa shape index (κ3) is 21.2. The van der Waals surface area contributed by atoms with Gasteiger partial charge < -0.3 is 50.2 Å². The molecule has 13 nitrogen and oxygen atoms in total. The van der Waals surface area contributed by atoms with Gasteiger partial charge in [0.1, 0.15) is 36.3 Å². The molecule has 1 aliphatic heterocycles. The molecule has 0 bridgehead atoms. The summed E-state index contributed by atoms with van der Waals surface area (Å²) >= 11 is 0. The zero-order valence-electron chi connectivity index (χ0n) is 36.2. The van der Waals surface area contributed by atoms with Crippen molar-refractivity contribution in [3.63, 3.8) is 0 Å². The molecule has 0 aliphatic carbocycles. The molecular formula is C47H77N3O10. The van der Waals surface area contributed by atoms with Crippen molar-refractivity contribution >= 4 is 17.3 Å². The Labute approximate surface area is 359 Å². The van der Waals surface area contributed by atoms with Gasteiger partial charge in [-0.25, -0.2) is 0 Å². The molecule has 0 saturated carbocycles. The Hall–Kier alpha value is -3.01. The zero-order chi connectivity index (χ0) is 43.2. The van der Waals surface area contributed by atoms with Crippen LogP contribution in [-0.2, 0) is 14.3 Å². The average Bonchev–Trinajstić information content (AvgIpc) is 3.26. The van der Waals surface area contributed by atoms with Gasteiger partial charge in [0.15, 0.2) is 6.29 Å². The van der Waals surface area contributed by atoms with E-state index >= 15 is 0 Å². The van der Waals surface area contributed by atoms with Crippen LogP contribution in [0.3, 0.4) is 0 Å². The zero-order valence-corrected chi connectivity index (χ0v) is 36.2. The van der Waals surface area contributed by atoms with Crippen molar-refractivity contribution in [2.24, 2.45) is 10.2 Å². The fourth-order valence-corrected chi connectivity index (χ4v) is 7.40. The van der Waals surface area contributed by atoms with Crippen molar-refractivity contribution in [1.29, 1.82) is 0 Å². The van der Waals surface area contributed by atoms with Crippen LogP contribution in [0.25, 0.3) is 0 Å². The lowest BCUT2D eigenvalue weighted by Crippen LogP contribution is -2.60. The number of aliphatic hydroxyl groups excluding tert-OH is 6. The summed E-state index contributed by atoms with van der Waals surface area (Å²) in [6.07, 6.45) is 12.9. The van der Waals surface area contributed by atoms with Gasteiger partial charge >= 0.3 is 0 Å². The van der Waals surface area contributed by atoms with Gasteiger partial charge in [-0.2, -0.15) is 10.2 Å². The van der Waals surface area contributed by atoms with Crippen molar-refractivity contribution in [2.45, 2.75) is 197 Å². The molecule has 13 heteroatoms. The molecule has 2 aromatic carbocycles. The van der Waals surface area contributed by atoms with Crippen LogP contribution in [0.4, 0.5) is 11.4 Å². The van der Waals surface area contributed by atoms with Crippen molar-refractivity contribution in [3.05, 3.63) is 54.6 Å². The van der Waals surface area contributed by atoms with Gasteiger partial charge in [-0.05, 0) is 55.7 Å². The molecule has 0 aromatic heterocycles. The van der Waals surface area contributed by atoms with E-state index in [4.69, 9.17) is 14.2 Å². The van der Waals surface area contributed by atoms with E-state index in [1.54, 1.807) is 0 Å². The van der Waals surface area contributed by atoms with Crippen LogP contribution in [0, 0.1) is 0 Å². The summed E-state index contributed by atoms with van der Waals surface area (Å²) in [7, 11) is 0. The van der Waals surface area contributed by atoms with E-state index in [1.165, 1.54) is 51.4 Å². The first-order chi connectivity index (χ1) is 29.2. The molecule has 1 heterocycles. The topological polar surface area (TPSA) is 203 Å². The highest BCUT2D eigenvalue weighted by Crippen LogP contribution is 2.24. The first-order valence-corrected chi connectivity index (χ1v) is 23.0. The Bertz CT molecular complexity index is 1390. The van der Waals surface area contributed by atoms with E-state index in [1.807, 2.05) is 54.6 Å². The Kier molecular flexibility index (Phi) is 27.2. The Morgan fingerprint density at radius 2 is 1.22 bits per heavy atom. The first kappa shape index (κ1) is 51.3. The highest BCUT2D eigenvalue weighted by atomic mass is 16.7. The summed E-state index contributed by atoms with van der Waals surface area (Å²) in [4.78, 5) is 13.0. The second kappa shape index (κ2) is 31.8. The Morgan fingerprint density at radius 3 is 1.80 bits per heavy atom. The number of azo groups is 1. The highest BCUT2D eigenvalue weighted by Gasteiger charge is 2.44. The maximum Gasteiger partial charge on any atom is 0.220 e. The highest BCUT2D eigenvalue weighted by molar-refractivity contribution is 5.76. The summed E-state index contributed by atoms with van der Waals surface area (Å²) in [5.74, 6) is 0.520. The minimum Gasteiger partial charge on any atom is -0.494 e. The number of carbonyl (C=O) groups is 1. The molecule has 0 unspecified atom stereocenters. The quantitative estimate of drug-likeness (QED) is 0.0267. The lowest BCUT2D eigenvalue weighted by Gasteiger charge is -2.40. The van der Waals surface area contributed by atoms with E-state index in [0.29, 0.717) is 19.4 Å². The number of hydrogen-bond acceptors (Lipinski definition) is 12. The lowest BCUT2D eigenvalue weighted by atomic mass is 9.98. The third-order valence-electron chi connectivity index (χ3n) is 11.2. The van der Waals surface area contributed by atoms with Crippen molar-refractivity contribution in [1.82, 2.24) is 5.32 Å². The number of carbonyl (C=O) groups excluding carboxylic acids is 1. The largest absolute Gasteiger partial charge is 0.494 e. The van der Waals surface area contributed by atoms with Gasteiger partial charge in [-0.3, -0.25) is 4.79 Å². The fraction of sp³-hybridized carbons (Fsp3) is 0.723. The molecule has 340 valence electrons. The van der Waals surface area contributed by atoms with Gasteiger partial charge in [0.2, 0.25) is 5.91 Å². The van der Waals surface area contributed by atoms with Crippen molar-refractivity contribution in [3.8, 4) is 5.75 Å². The maximum absolute atomic E-state index is 13.0. The van der Waals surface area contributed by atoms with Crippen molar-refractivity contribution in [2.75, 3.05) is 19.8 Å². The average molecular weight is 844 g/mol. The molecule has 3 rings (SSSR count). The SMILES string of the molecule is CCCCCCCCCCCCCC[C@@H](O)[C@@H](O)[C@H](CO[C@H]1O[C@H](CO)[C@H](O)[C@H](O)[C@H]1O)NC(=O)CCCCCCCCCCOc1ccc(N=Nc2ccccc2)cc1. The van der Waals surface area contributed by atoms with E-state index < -0.39 is 55.6 Å². The number of nitrogens with one attached hydrogen (secondary N) is 1. The molecule has 8 atom stereocenters. The van der Waals surface area contributed by atoms with Crippen LogP contribution in [-0.4, -0.2) is 105 Å². The number of ether oxygens (including phenoxy) is 3. The van der Waals surface area contributed by atoms with Crippen LogP contribution in [0.5, 0.6) is 5.75 Å². The second-order valence-electron chi connectivity index (χ2n) is 16.4. The molecular weight excluding hydrogens is 767 g/mol. The predicted octanol–water partition coefficient (Wildman–Crippen LogP) is 8.11. The van der Waals surface area contributed by atoms with Crippen LogP contribution in [0.1, 0.15) is 148 Å². The molecule has 1 amide bonds. The number of benzene rings is 2. The number of aliphatic hydroxyl groups is 6. The normalized spacial score (nSPS) is 20.9. The van der Waals surface area contributed by atoms with Crippen LogP contribution < -0.4 is 10.1 Å². The molecule has 1 aliphatic rings. The Balaban J connectivity index is 1.30.